The molecule has 1 unspecified atom stereocenters. The van der Waals surface area contributed by atoms with Crippen LogP contribution in [0.2, 0.25) is 0 Å². The number of esters is 1. The van der Waals surface area contributed by atoms with Crippen molar-refractivity contribution in [2.24, 2.45) is 5.41 Å². The number of carbonyl (C=O) groups is 1. The molecule has 0 aliphatic carbocycles. The van der Waals surface area contributed by atoms with Crippen LogP contribution >= 0.6 is 0 Å². The van der Waals surface area contributed by atoms with Crippen molar-refractivity contribution in [2.45, 2.75) is 39.8 Å². The zero-order chi connectivity index (χ0) is 25.9. The zero-order valence-electron chi connectivity index (χ0n) is 21.9. The minimum atomic E-state index is -0.801. The number of hydrogen-bond acceptors (Lipinski definition) is 6. The minimum absolute atomic E-state index is 0.231. The highest BCUT2D eigenvalue weighted by molar-refractivity contribution is 5.79. The first-order valence-corrected chi connectivity index (χ1v) is 12.4. The number of nitrogens with zero attached hydrogens (tertiary/aromatic N) is 1. The van der Waals surface area contributed by atoms with Crippen LogP contribution in [0.1, 0.15) is 47.6 Å². The second kappa shape index (κ2) is 10.6. The molecule has 3 aromatic rings. The monoisotopic (exact) mass is 487 g/mol. The molecule has 190 valence electrons. The number of hydrogen-bond donors (Lipinski definition) is 2. The molecule has 36 heavy (non-hydrogen) atoms. The Morgan fingerprint density at radius 3 is 2.58 bits per heavy atom. The van der Waals surface area contributed by atoms with Crippen LogP contribution in [0.5, 0.6) is 5.75 Å². The van der Waals surface area contributed by atoms with Gasteiger partial charge in [0.05, 0.1) is 23.9 Å². The Morgan fingerprint density at radius 2 is 1.86 bits per heavy atom. The van der Waals surface area contributed by atoms with Gasteiger partial charge < -0.3 is 20.5 Å². The molecule has 0 aromatic heterocycles. The number of rotatable bonds is 7. The van der Waals surface area contributed by atoms with E-state index in [9.17, 15) is 4.79 Å². The average Bonchev–Trinajstić information content (AvgIpc) is 3.07. The molecular formula is C30H37N3O3. The van der Waals surface area contributed by atoms with Crippen molar-refractivity contribution in [3.8, 4) is 5.75 Å². The lowest BCUT2D eigenvalue weighted by atomic mass is 9.70. The molecule has 0 saturated carbocycles. The van der Waals surface area contributed by atoms with Crippen LogP contribution < -0.4 is 15.8 Å². The molecule has 3 aromatic carbocycles. The smallest absolute Gasteiger partial charge is 0.312 e. The second-order valence-electron chi connectivity index (χ2n) is 10.1. The van der Waals surface area contributed by atoms with Gasteiger partial charge in [-0.2, -0.15) is 0 Å². The molecule has 1 aliphatic heterocycles. The summed E-state index contributed by atoms with van der Waals surface area (Å²) in [6.07, 6.45) is 0. The lowest BCUT2D eigenvalue weighted by Gasteiger charge is -2.33. The lowest BCUT2D eigenvalue weighted by Crippen LogP contribution is -2.33. The average molecular weight is 488 g/mol. The van der Waals surface area contributed by atoms with E-state index in [2.05, 4.69) is 47.5 Å². The summed E-state index contributed by atoms with van der Waals surface area (Å²) < 4.78 is 11.2. The van der Waals surface area contributed by atoms with E-state index in [4.69, 9.17) is 15.2 Å². The van der Waals surface area contributed by atoms with E-state index in [0.717, 1.165) is 42.2 Å². The normalized spacial score (nSPS) is 14.8. The van der Waals surface area contributed by atoms with Crippen LogP contribution in [0, 0.1) is 12.3 Å². The molecule has 4 rings (SSSR count). The molecule has 3 N–H and O–H groups in total. The van der Waals surface area contributed by atoms with Crippen molar-refractivity contribution < 1.29 is 14.3 Å². The van der Waals surface area contributed by atoms with Crippen LogP contribution in [0.4, 0.5) is 11.4 Å². The molecule has 0 radical (unpaired) electrons. The molecule has 0 fully saturated rings. The third-order valence-corrected chi connectivity index (χ3v) is 7.24. The molecular weight excluding hydrogens is 450 g/mol. The number of methoxy groups -OCH3 is 1. The van der Waals surface area contributed by atoms with Crippen molar-refractivity contribution in [1.29, 1.82) is 0 Å². The van der Waals surface area contributed by atoms with Crippen molar-refractivity contribution in [3.05, 3.63) is 88.5 Å². The summed E-state index contributed by atoms with van der Waals surface area (Å²) in [4.78, 5) is 15.4. The number of ether oxygens (including phenoxy) is 2. The van der Waals surface area contributed by atoms with Gasteiger partial charge in [-0.05, 0) is 61.2 Å². The summed E-state index contributed by atoms with van der Waals surface area (Å²) in [6.45, 7) is 9.15. The van der Waals surface area contributed by atoms with Crippen molar-refractivity contribution in [2.75, 3.05) is 38.4 Å². The highest BCUT2D eigenvalue weighted by Crippen LogP contribution is 2.43. The predicted molar refractivity (Wildman–Crippen MR) is 145 cm³/mol. The molecule has 6 heteroatoms. The highest BCUT2D eigenvalue weighted by Gasteiger charge is 2.40. The quantitative estimate of drug-likeness (QED) is 0.346. The zero-order valence-corrected chi connectivity index (χ0v) is 21.9. The predicted octanol–water partition coefficient (Wildman–Crippen LogP) is 5.34. The third-order valence-electron chi connectivity index (χ3n) is 7.24. The first-order valence-electron chi connectivity index (χ1n) is 12.4. The number of nitrogen functional groups attached to an aromatic ring is 1. The van der Waals surface area contributed by atoms with Gasteiger partial charge >= 0.3 is 5.97 Å². The fraction of sp³-hybridized carbons (Fsp3) is 0.367. The Labute approximate surface area is 214 Å². The minimum Gasteiger partial charge on any atom is -0.492 e. The van der Waals surface area contributed by atoms with Crippen molar-refractivity contribution in [1.82, 2.24) is 4.90 Å². The summed E-state index contributed by atoms with van der Waals surface area (Å²) in [7, 11) is 3.29. The second-order valence-corrected chi connectivity index (χ2v) is 10.1. The van der Waals surface area contributed by atoms with Crippen LogP contribution in [0.25, 0.3) is 0 Å². The Bertz CT molecular complexity index is 1240. The van der Waals surface area contributed by atoms with Crippen LogP contribution in [-0.2, 0) is 22.6 Å². The lowest BCUT2D eigenvalue weighted by molar-refractivity contribution is -0.151. The van der Waals surface area contributed by atoms with Gasteiger partial charge in [0.2, 0.25) is 0 Å². The van der Waals surface area contributed by atoms with Gasteiger partial charge in [0, 0.05) is 38.2 Å². The maximum Gasteiger partial charge on any atom is 0.312 e. The number of benzene rings is 3. The SMILES string of the molecule is CNc1ccc(C(c2ccc(C)c(CN3CCOc4ccccc4C3)c2)C(C)(C)C(=O)OC)cc1N. The molecule has 0 bridgehead atoms. The Hall–Kier alpha value is -3.51. The van der Waals surface area contributed by atoms with E-state index in [-0.39, 0.29) is 11.9 Å². The number of aryl methyl sites for hydroxylation is 1. The third kappa shape index (κ3) is 5.19. The van der Waals surface area contributed by atoms with Gasteiger partial charge in [0.25, 0.3) is 0 Å². The molecule has 1 atom stereocenters. The van der Waals surface area contributed by atoms with Gasteiger partial charge in [0.1, 0.15) is 12.4 Å². The van der Waals surface area contributed by atoms with Crippen molar-refractivity contribution in [3.63, 3.8) is 0 Å². The fourth-order valence-electron chi connectivity index (χ4n) is 5.19. The standard InChI is InChI=1S/C30H37N3O3/c1-20-10-11-21(16-24(20)19-33-14-15-36-27-9-7-6-8-23(27)18-33)28(30(2,3)29(34)35-5)22-12-13-26(32-4)25(31)17-22/h6-13,16-17,28,32H,14-15,18-19,31H2,1-5H3. The number of anilines is 2. The number of fused-ring (bicyclic) bond motifs is 1. The number of para-hydroxylation sites is 1. The first kappa shape index (κ1) is 25.6. The van der Waals surface area contributed by atoms with Gasteiger partial charge in [-0.15, -0.1) is 0 Å². The number of nitrogens with one attached hydrogen (secondary N) is 1. The number of nitrogens with two attached hydrogens (primary N) is 1. The topological polar surface area (TPSA) is 76.8 Å². The summed E-state index contributed by atoms with van der Waals surface area (Å²) in [5.41, 5.74) is 12.7. The van der Waals surface area contributed by atoms with E-state index in [0.29, 0.717) is 12.3 Å². The van der Waals surface area contributed by atoms with Crippen molar-refractivity contribution >= 4 is 17.3 Å². The molecule has 0 spiro atoms. The van der Waals surface area contributed by atoms with Gasteiger partial charge in [0.15, 0.2) is 0 Å². The Morgan fingerprint density at radius 1 is 1.14 bits per heavy atom. The van der Waals surface area contributed by atoms with E-state index < -0.39 is 5.41 Å². The summed E-state index contributed by atoms with van der Waals surface area (Å²) in [5, 5.41) is 3.12. The Balaban J connectivity index is 1.72. The summed E-state index contributed by atoms with van der Waals surface area (Å²) >= 11 is 0. The van der Waals surface area contributed by atoms with E-state index in [1.807, 2.05) is 51.2 Å². The van der Waals surface area contributed by atoms with Crippen LogP contribution in [0.15, 0.2) is 60.7 Å². The summed E-state index contributed by atoms with van der Waals surface area (Å²) in [5.74, 6) is 0.478. The molecule has 1 heterocycles. The molecule has 6 nitrogen and oxygen atoms in total. The van der Waals surface area contributed by atoms with Crippen LogP contribution in [0.3, 0.4) is 0 Å². The number of carbonyl (C=O) groups excluding carboxylic acids is 1. The van der Waals surface area contributed by atoms with Gasteiger partial charge in [-0.25, -0.2) is 0 Å². The summed E-state index contributed by atoms with van der Waals surface area (Å²) in [6, 6.07) is 20.7. The largest absolute Gasteiger partial charge is 0.492 e. The van der Waals surface area contributed by atoms with E-state index in [1.54, 1.807) is 0 Å². The maximum atomic E-state index is 13.0. The first-order chi connectivity index (χ1) is 17.2. The van der Waals surface area contributed by atoms with E-state index >= 15 is 0 Å². The van der Waals surface area contributed by atoms with Gasteiger partial charge in [-0.3, -0.25) is 9.69 Å². The molecule has 1 aliphatic rings. The molecule has 0 saturated heterocycles. The highest BCUT2D eigenvalue weighted by atomic mass is 16.5. The van der Waals surface area contributed by atoms with Crippen LogP contribution in [-0.4, -0.2) is 38.2 Å². The maximum absolute atomic E-state index is 13.0. The Kier molecular flexibility index (Phi) is 7.55. The molecule has 0 amide bonds. The van der Waals surface area contributed by atoms with E-state index in [1.165, 1.54) is 23.8 Å². The fourth-order valence-corrected chi connectivity index (χ4v) is 5.19. The van der Waals surface area contributed by atoms with Gasteiger partial charge in [-0.1, -0.05) is 42.5 Å².